The normalized spacial score (nSPS) is 18.1. The van der Waals surface area contributed by atoms with Crippen LogP contribution in [0, 0.1) is 0 Å². The second kappa shape index (κ2) is 5.35. The second-order valence-electron chi connectivity index (χ2n) is 4.91. The number of hydrogen-bond acceptors (Lipinski definition) is 3. The summed E-state index contributed by atoms with van der Waals surface area (Å²) in [5, 5.41) is 0. The molecule has 1 saturated carbocycles. The van der Waals surface area contributed by atoms with Crippen LogP contribution in [0.25, 0.3) is 0 Å². The molecule has 0 saturated heterocycles. The molecule has 0 radical (unpaired) electrons. The molecule has 0 aliphatic heterocycles. The molecule has 0 heterocycles. The number of rotatable bonds is 4. The molecule has 1 aromatic carbocycles. The third kappa shape index (κ3) is 2.99. The van der Waals surface area contributed by atoms with Crippen LogP contribution in [0.2, 0.25) is 0 Å². The van der Waals surface area contributed by atoms with Crippen LogP contribution in [0.5, 0.6) is 0 Å². The second-order valence-corrected chi connectivity index (χ2v) is 8.23. The minimum Gasteiger partial charge on any atom is -0.399 e. The zero-order valence-corrected chi connectivity index (χ0v) is 14.5. The van der Waals surface area contributed by atoms with Crippen molar-refractivity contribution >= 4 is 47.6 Å². The number of anilines is 1. The Morgan fingerprint density at radius 3 is 2.21 bits per heavy atom. The predicted molar refractivity (Wildman–Crippen MR) is 83.4 cm³/mol. The number of hydrogen-bond donors (Lipinski definition) is 2. The Bertz CT molecular complexity index is 569. The zero-order valence-electron chi connectivity index (χ0n) is 10.5. The number of halogens is 2. The Labute approximate surface area is 130 Å². The SMILES string of the molecule is CCC1(NS(=O)(=O)c2c(Br)cc(N)cc2Br)CCC1. The molecule has 3 N–H and O–H groups in total. The first-order chi connectivity index (χ1) is 8.80. The summed E-state index contributed by atoms with van der Waals surface area (Å²) >= 11 is 6.55. The molecule has 7 heteroatoms. The van der Waals surface area contributed by atoms with Gasteiger partial charge in [-0.15, -0.1) is 0 Å². The summed E-state index contributed by atoms with van der Waals surface area (Å²) in [5.41, 5.74) is 5.91. The molecular weight excluding hydrogens is 396 g/mol. The van der Waals surface area contributed by atoms with E-state index >= 15 is 0 Å². The molecule has 1 aliphatic rings. The topological polar surface area (TPSA) is 72.2 Å². The number of sulfonamides is 1. The van der Waals surface area contributed by atoms with Crippen molar-refractivity contribution in [1.29, 1.82) is 0 Å². The molecule has 0 unspecified atom stereocenters. The van der Waals surface area contributed by atoms with Crippen molar-refractivity contribution in [2.24, 2.45) is 0 Å². The summed E-state index contributed by atoms with van der Waals surface area (Å²) in [7, 11) is -3.57. The molecule has 19 heavy (non-hydrogen) atoms. The highest BCUT2D eigenvalue weighted by atomic mass is 79.9. The predicted octanol–water partition coefficient (Wildman–Crippen LogP) is 3.40. The van der Waals surface area contributed by atoms with Crippen LogP contribution in [0.1, 0.15) is 32.6 Å². The van der Waals surface area contributed by atoms with Gasteiger partial charge in [0.2, 0.25) is 10.0 Å². The molecule has 2 rings (SSSR count). The van der Waals surface area contributed by atoms with E-state index in [1.165, 1.54) is 0 Å². The van der Waals surface area contributed by atoms with Crippen molar-refractivity contribution in [2.75, 3.05) is 5.73 Å². The van der Waals surface area contributed by atoms with Crippen molar-refractivity contribution in [2.45, 2.75) is 43.0 Å². The van der Waals surface area contributed by atoms with E-state index in [0.717, 1.165) is 25.7 Å². The molecule has 4 nitrogen and oxygen atoms in total. The van der Waals surface area contributed by atoms with Gasteiger partial charge in [0.25, 0.3) is 0 Å². The molecule has 106 valence electrons. The van der Waals surface area contributed by atoms with Crippen LogP contribution in [0.4, 0.5) is 5.69 Å². The van der Waals surface area contributed by atoms with Crippen LogP contribution in [0.3, 0.4) is 0 Å². The van der Waals surface area contributed by atoms with Crippen LogP contribution >= 0.6 is 31.9 Å². The molecule has 0 atom stereocenters. The third-order valence-electron chi connectivity index (χ3n) is 3.63. The first kappa shape index (κ1) is 15.3. The first-order valence-corrected chi connectivity index (χ1v) is 9.15. The van der Waals surface area contributed by atoms with Crippen molar-refractivity contribution in [3.05, 3.63) is 21.1 Å². The van der Waals surface area contributed by atoms with E-state index in [0.29, 0.717) is 14.6 Å². The maximum Gasteiger partial charge on any atom is 0.243 e. The van der Waals surface area contributed by atoms with Crippen molar-refractivity contribution < 1.29 is 8.42 Å². The van der Waals surface area contributed by atoms with Crippen molar-refractivity contribution in [1.82, 2.24) is 4.72 Å². The highest BCUT2D eigenvalue weighted by Gasteiger charge is 2.40. The summed E-state index contributed by atoms with van der Waals surface area (Å²) in [6.45, 7) is 2.01. The van der Waals surface area contributed by atoms with Crippen LogP contribution < -0.4 is 10.5 Å². The number of nitrogens with one attached hydrogen (secondary N) is 1. The molecular formula is C12H16Br2N2O2S. The number of nitrogen functional groups attached to an aromatic ring is 1. The monoisotopic (exact) mass is 410 g/mol. The summed E-state index contributed by atoms with van der Waals surface area (Å²) in [6, 6.07) is 3.19. The summed E-state index contributed by atoms with van der Waals surface area (Å²) in [6.07, 6.45) is 3.66. The Balaban J connectivity index is 2.40. The average molecular weight is 412 g/mol. The Morgan fingerprint density at radius 1 is 1.32 bits per heavy atom. The van der Waals surface area contributed by atoms with E-state index in [1.807, 2.05) is 6.92 Å². The molecule has 0 spiro atoms. The smallest absolute Gasteiger partial charge is 0.243 e. The van der Waals surface area contributed by atoms with Gasteiger partial charge in [0.05, 0.1) is 0 Å². The maximum atomic E-state index is 12.5. The summed E-state index contributed by atoms with van der Waals surface area (Å²) in [4.78, 5) is 0.210. The van der Waals surface area contributed by atoms with E-state index in [4.69, 9.17) is 5.73 Å². The van der Waals surface area contributed by atoms with Gasteiger partial charge in [0.15, 0.2) is 0 Å². The van der Waals surface area contributed by atoms with E-state index in [-0.39, 0.29) is 10.4 Å². The van der Waals surface area contributed by atoms with Crippen molar-refractivity contribution in [3.8, 4) is 0 Å². The fraction of sp³-hybridized carbons (Fsp3) is 0.500. The average Bonchev–Trinajstić information content (AvgIpc) is 2.21. The highest BCUT2D eigenvalue weighted by Crippen LogP contribution is 2.38. The fourth-order valence-corrected chi connectivity index (χ4v) is 6.46. The van der Waals surface area contributed by atoms with Gasteiger partial charge in [0.1, 0.15) is 4.90 Å². The van der Waals surface area contributed by atoms with E-state index < -0.39 is 10.0 Å². The van der Waals surface area contributed by atoms with Gasteiger partial charge in [-0.25, -0.2) is 13.1 Å². The zero-order chi connectivity index (χ0) is 14.3. The Kier molecular flexibility index (Phi) is 4.30. The lowest BCUT2D eigenvalue weighted by atomic mass is 9.76. The maximum absolute atomic E-state index is 12.5. The Hall–Kier alpha value is -0.110. The van der Waals surface area contributed by atoms with Gasteiger partial charge in [-0.3, -0.25) is 0 Å². The fourth-order valence-electron chi connectivity index (χ4n) is 2.30. The van der Waals surface area contributed by atoms with Gasteiger partial charge >= 0.3 is 0 Å². The first-order valence-electron chi connectivity index (χ1n) is 6.08. The van der Waals surface area contributed by atoms with E-state index in [2.05, 4.69) is 36.6 Å². The van der Waals surface area contributed by atoms with Gasteiger partial charge in [-0.1, -0.05) is 6.92 Å². The molecule has 1 aliphatic carbocycles. The lowest BCUT2D eigenvalue weighted by Gasteiger charge is -2.41. The largest absolute Gasteiger partial charge is 0.399 e. The summed E-state index contributed by atoms with van der Waals surface area (Å²) < 4.78 is 28.9. The number of nitrogens with two attached hydrogens (primary N) is 1. The molecule has 0 aromatic heterocycles. The standard InChI is InChI=1S/C12H16Br2N2O2S/c1-2-12(4-3-5-12)16-19(17,18)11-9(13)6-8(15)7-10(11)14/h6-7,16H,2-5,15H2,1H3. The van der Waals surface area contributed by atoms with Gasteiger partial charge in [-0.05, 0) is 69.7 Å². The highest BCUT2D eigenvalue weighted by molar-refractivity contribution is 9.11. The molecule has 1 fully saturated rings. The van der Waals surface area contributed by atoms with Crippen molar-refractivity contribution in [3.63, 3.8) is 0 Å². The van der Waals surface area contributed by atoms with Gasteiger partial charge < -0.3 is 5.73 Å². The minimum atomic E-state index is -3.57. The van der Waals surface area contributed by atoms with Crippen LogP contribution in [-0.4, -0.2) is 14.0 Å². The minimum absolute atomic E-state index is 0.210. The van der Waals surface area contributed by atoms with Crippen LogP contribution in [0.15, 0.2) is 26.0 Å². The van der Waals surface area contributed by atoms with Gasteiger partial charge in [0, 0.05) is 20.2 Å². The summed E-state index contributed by atoms with van der Waals surface area (Å²) in [5.74, 6) is 0. The third-order valence-corrected chi connectivity index (χ3v) is 7.08. The van der Waals surface area contributed by atoms with E-state index in [1.54, 1.807) is 12.1 Å². The Morgan fingerprint density at radius 2 is 1.84 bits per heavy atom. The van der Waals surface area contributed by atoms with Crippen LogP contribution in [-0.2, 0) is 10.0 Å². The lowest BCUT2D eigenvalue weighted by Crippen LogP contribution is -2.52. The molecule has 1 aromatic rings. The van der Waals surface area contributed by atoms with Gasteiger partial charge in [-0.2, -0.15) is 0 Å². The quantitative estimate of drug-likeness (QED) is 0.745. The molecule has 0 amide bonds. The molecule has 0 bridgehead atoms. The lowest BCUT2D eigenvalue weighted by molar-refractivity contribution is 0.214. The van der Waals surface area contributed by atoms with E-state index in [9.17, 15) is 8.42 Å². The number of benzene rings is 1.